The van der Waals surface area contributed by atoms with Crippen LogP contribution in [0.15, 0.2) is 53.3 Å². The number of fused-ring (bicyclic) bond motifs is 1. The van der Waals surface area contributed by atoms with E-state index in [1.165, 1.54) is 18.2 Å². The van der Waals surface area contributed by atoms with Crippen molar-refractivity contribution in [2.75, 3.05) is 6.54 Å². The molecule has 0 spiro atoms. The van der Waals surface area contributed by atoms with Crippen molar-refractivity contribution in [3.05, 3.63) is 69.5 Å². The summed E-state index contributed by atoms with van der Waals surface area (Å²) in [6.45, 7) is 2.35. The van der Waals surface area contributed by atoms with Crippen LogP contribution >= 0.6 is 11.3 Å². The molecule has 1 unspecified atom stereocenters. The second-order valence-electron chi connectivity index (χ2n) is 8.20. The van der Waals surface area contributed by atoms with Crippen LogP contribution in [0, 0.1) is 6.92 Å². The van der Waals surface area contributed by atoms with Crippen molar-refractivity contribution < 1.29 is 27.4 Å². The molecule has 1 N–H and O–H groups in total. The summed E-state index contributed by atoms with van der Waals surface area (Å²) in [5, 5.41) is 0.499. The van der Waals surface area contributed by atoms with Crippen molar-refractivity contribution in [3.63, 3.8) is 0 Å². The van der Waals surface area contributed by atoms with E-state index in [1.54, 1.807) is 23.1 Å². The van der Waals surface area contributed by atoms with E-state index in [2.05, 4.69) is 19.7 Å². The number of hydrogen-bond donors (Lipinski definition) is 1. The molecule has 36 heavy (non-hydrogen) atoms. The first-order valence-corrected chi connectivity index (χ1v) is 11.8. The molecule has 1 fully saturated rings. The Kier molecular flexibility index (Phi) is 6.12. The molecule has 0 radical (unpaired) electrons. The number of halogens is 3. The van der Waals surface area contributed by atoms with E-state index in [0.29, 0.717) is 23.7 Å². The van der Waals surface area contributed by atoms with Crippen LogP contribution in [-0.4, -0.2) is 38.9 Å². The standard InChI is InChI=1S/C24H19F3N4O4S/c1-13-6-4-7-14(12-13)34-23(33)31-11-5-9-16(31)21-28-18-20(32)29-19(30-22(18)36-21)15-8-2-3-10-17(15)35-24(25,26)27/h2-4,6-8,10,12,16H,5,9,11H2,1H3,(H,29,30,32). The van der Waals surface area contributed by atoms with Gasteiger partial charge in [-0.3, -0.25) is 9.69 Å². The normalized spacial score (nSPS) is 15.9. The number of aromatic nitrogens is 3. The number of hydrogen-bond acceptors (Lipinski definition) is 7. The van der Waals surface area contributed by atoms with Crippen LogP contribution in [0.4, 0.5) is 18.0 Å². The summed E-state index contributed by atoms with van der Waals surface area (Å²) in [5.41, 5.74) is 0.374. The number of carbonyl (C=O) groups excluding carboxylic acids is 1. The number of alkyl halides is 3. The Balaban J connectivity index is 1.46. The lowest BCUT2D eigenvalue weighted by atomic mass is 10.2. The number of aromatic amines is 1. The third-order valence-electron chi connectivity index (χ3n) is 5.62. The van der Waals surface area contributed by atoms with Crippen molar-refractivity contribution in [2.45, 2.75) is 32.2 Å². The first-order chi connectivity index (χ1) is 17.2. The fourth-order valence-corrected chi connectivity index (χ4v) is 5.16. The minimum atomic E-state index is -4.91. The lowest BCUT2D eigenvalue weighted by molar-refractivity contribution is -0.274. The number of ether oxygens (including phenoxy) is 2. The van der Waals surface area contributed by atoms with E-state index < -0.39 is 29.8 Å². The molecular weight excluding hydrogens is 497 g/mol. The van der Waals surface area contributed by atoms with Crippen molar-refractivity contribution >= 4 is 27.8 Å². The zero-order valence-corrected chi connectivity index (χ0v) is 19.7. The molecule has 1 amide bonds. The number of nitrogens with zero attached hydrogens (tertiary/aromatic N) is 3. The van der Waals surface area contributed by atoms with Crippen molar-refractivity contribution in [1.82, 2.24) is 19.9 Å². The smallest absolute Gasteiger partial charge is 0.410 e. The molecule has 1 saturated heterocycles. The number of thiazole rings is 1. The Labute approximate surface area is 206 Å². The van der Waals surface area contributed by atoms with Crippen molar-refractivity contribution in [1.29, 1.82) is 0 Å². The van der Waals surface area contributed by atoms with Gasteiger partial charge in [0.2, 0.25) is 0 Å². The molecule has 0 bridgehead atoms. The highest BCUT2D eigenvalue weighted by molar-refractivity contribution is 7.18. The molecule has 0 saturated carbocycles. The predicted molar refractivity (Wildman–Crippen MR) is 126 cm³/mol. The molecular formula is C24H19F3N4O4S. The molecule has 4 aromatic rings. The number of aryl methyl sites for hydroxylation is 1. The van der Waals surface area contributed by atoms with Crippen molar-refractivity contribution in [3.8, 4) is 22.9 Å². The monoisotopic (exact) mass is 516 g/mol. The minimum absolute atomic E-state index is 0.0204. The van der Waals surface area contributed by atoms with Crippen LogP contribution in [0.2, 0.25) is 0 Å². The summed E-state index contributed by atoms with van der Waals surface area (Å²) in [7, 11) is 0. The molecule has 1 aliphatic heterocycles. The quantitative estimate of drug-likeness (QED) is 0.380. The maximum absolute atomic E-state index is 12.9. The van der Waals surface area contributed by atoms with E-state index in [1.807, 2.05) is 13.0 Å². The number of likely N-dealkylation sites (tertiary alicyclic amines) is 1. The zero-order valence-electron chi connectivity index (χ0n) is 18.8. The highest BCUT2D eigenvalue weighted by Crippen LogP contribution is 2.37. The van der Waals surface area contributed by atoms with Crippen LogP contribution in [0.25, 0.3) is 21.7 Å². The number of nitrogens with one attached hydrogen (secondary N) is 1. The third-order valence-corrected chi connectivity index (χ3v) is 6.67. The minimum Gasteiger partial charge on any atom is -0.410 e. The maximum atomic E-state index is 12.9. The Morgan fingerprint density at radius 3 is 2.75 bits per heavy atom. The van der Waals surface area contributed by atoms with E-state index in [0.717, 1.165) is 29.4 Å². The van der Waals surface area contributed by atoms with Gasteiger partial charge in [-0.2, -0.15) is 0 Å². The lowest BCUT2D eigenvalue weighted by Crippen LogP contribution is -2.33. The van der Waals surface area contributed by atoms with Gasteiger partial charge in [-0.1, -0.05) is 35.6 Å². The largest absolute Gasteiger partial charge is 0.573 e. The average molecular weight is 517 g/mol. The topological polar surface area (TPSA) is 97.4 Å². The first kappa shape index (κ1) is 23.8. The highest BCUT2D eigenvalue weighted by Gasteiger charge is 2.35. The van der Waals surface area contributed by atoms with Crippen LogP contribution in [0.5, 0.6) is 11.5 Å². The fraction of sp³-hybridized carbons (Fsp3) is 0.250. The zero-order chi connectivity index (χ0) is 25.4. The van der Waals surface area contributed by atoms with E-state index >= 15 is 0 Å². The molecule has 186 valence electrons. The van der Waals surface area contributed by atoms with Gasteiger partial charge in [-0.25, -0.2) is 14.8 Å². The Bertz CT molecular complexity index is 1500. The SMILES string of the molecule is Cc1cccc(OC(=O)N2CCCC2c2nc3c(=O)[nH]c(-c4ccccc4OC(F)(F)F)nc3s2)c1. The van der Waals surface area contributed by atoms with E-state index in [4.69, 9.17) is 4.74 Å². The van der Waals surface area contributed by atoms with Crippen LogP contribution < -0.4 is 15.0 Å². The highest BCUT2D eigenvalue weighted by atomic mass is 32.1. The number of benzene rings is 2. The number of carbonyl (C=O) groups is 1. The number of H-pyrrole nitrogens is 1. The van der Waals surface area contributed by atoms with Gasteiger partial charge in [0.15, 0.2) is 10.3 Å². The third kappa shape index (κ3) is 4.89. The first-order valence-electron chi connectivity index (χ1n) is 11.0. The maximum Gasteiger partial charge on any atom is 0.573 e. The average Bonchev–Trinajstić information content (AvgIpc) is 3.46. The summed E-state index contributed by atoms with van der Waals surface area (Å²) in [6, 6.07) is 12.1. The fourth-order valence-electron chi connectivity index (χ4n) is 4.07. The second-order valence-corrected chi connectivity index (χ2v) is 9.21. The van der Waals surface area contributed by atoms with Gasteiger partial charge < -0.3 is 14.5 Å². The molecule has 12 heteroatoms. The summed E-state index contributed by atoms with van der Waals surface area (Å²) < 4.78 is 48.1. The summed E-state index contributed by atoms with van der Waals surface area (Å²) in [4.78, 5) is 38.7. The Hall–Kier alpha value is -3.93. The van der Waals surface area contributed by atoms with Gasteiger partial charge in [-0.15, -0.1) is 13.2 Å². The van der Waals surface area contributed by atoms with Gasteiger partial charge in [0.1, 0.15) is 22.3 Å². The Morgan fingerprint density at radius 1 is 1.17 bits per heavy atom. The number of para-hydroxylation sites is 1. The predicted octanol–water partition coefficient (Wildman–Crippen LogP) is 5.59. The Morgan fingerprint density at radius 2 is 1.97 bits per heavy atom. The molecule has 1 aliphatic rings. The summed E-state index contributed by atoms with van der Waals surface area (Å²) in [6.07, 6.45) is -4.09. The number of amides is 1. The number of rotatable bonds is 4. The van der Waals surface area contributed by atoms with Gasteiger partial charge in [0.05, 0.1) is 11.6 Å². The molecule has 5 rings (SSSR count). The van der Waals surface area contributed by atoms with Gasteiger partial charge in [0.25, 0.3) is 5.56 Å². The molecule has 0 aliphatic carbocycles. The van der Waals surface area contributed by atoms with Crippen LogP contribution in [-0.2, 0) is 0 Å². The molecule has 2 aromatic carbocycles. The molecule has 8 nitrogen and oxygen atoms in total. The van der Waals surface area contributed by atoms with Gasteiger partial charge in [0, 0.05) is 6.54 Å². The van der Waals surface area contributed by atoms with Gasteiger partial charge >= 0.3 is 12.5 Å². The van der Waals surface area contributed by atoms with Crippen molar-refractivity contribution in [2.24, 2.45) is 0 Å². The van der Waals surface area contributed by atoms with Crippen LogP contribution in [0.1, 0.15) is 29.5 Å². The second kappa shape index (κ2) is 9.26. The van der Waals surface area contributed by atoms with Crippen LogP contribution in [0.3, 0.4) is 0 Å². The van der Waals surface area contributed by atoms with Gasteiger partial charge in [-0.05, 0) is 49.6 Å². The summed E-state index contributed by atoms with van der Waals surface area (Å²) in [5.74, 6) is -0.139. The molecule has 2 aromatic heterocycles. The molecule has 3 heterocycles. The summed E-state index contributed by atoms with van der Waals surface area (Å²) >= 11 is 1.11. The van der Waals surface area contributed by atoms with E-state index in [-0.39, 0.29) is 21.7 Å². The van der Waals surface area contributed by atoms with E-state index in [9.17, 15) is 22.8 Å². The lowest BCUT2D eigenvalue weighted by Gasteiger charge is -2.22. The molecule has 1 atom stereocenters.